The van der Waals surface area contributed by atoms with Gasteiger partial charge >= 0.3 is 0 Å². The molecule has 0 aliphatic carbocycles. The Morgan fingerprint density at radius 3 is 2.56 bits per heavy atom. The molecular weight excluding hydrogens is 339 g/mol. The van der Waals surface area contributed by atoms with E-state index >= 15 is 0 Å². The molecule has 0 N–H and O–H groups in total. The van der Waals surface area contributed by atoms with Crippen molar-refractivity contribution in [2.24, 2.45) is 0 Å². The summed E-state index contributed by atoms with van der Waals surface area (Å²) in [5.41, 5.74) is 1.26. The molecule has 2 aromatic carbocycles. The summed E-state index contributed by atoms with van der Waals surface area (Å²) in [4.78, 5) is 0.751. The quantitative estimate of drug-likeness (QED) is 0.530. The molecule has 126 valence electrons. The van der Waals surface area contributed by atoms with Crippen LogP contribution in [0, 0.1) is 5.82 Å². The fourth-order valence-electron chi connectivity index (χ4n) is 2.49. The monoisotopic (exact) mass is 354 g/mol. The topological polar surface area (TPSA) is 52.3 Å². The van der Waals surface area contributed by atoms with Crippen molar-refractivity contribution >= 4 is 16.3 Å². The molecule has 0 aliphatic heterocycles. The second-order valence-electron chi connectivity index (χ2n) is 5.53. The number of aryl methyl sites for hydroxylation is 2. The number of hydrogen-bond donors (Lipinski definition) is 0. The largest absolute Gasteiger partial charge is 0.486 e. The summed E-state index contributed by atoms with van der Waals surface area (Å²) in [7, 11) is 0. The van der Waals surface area contributed by atoms with Gasteiger partial charge in [-0.15, -0.1) is 10.2 Å². The third kappa shape index (κ3) is 3.66. The van der Waals surface area contributed by atoms with Crippen molar-refractivity contribution in [2.75, 3.05) is 0 Å². The SMILES string of the molecule is Fc1ccc(OCc2nn3c(CCc4ccccc4)nnc3s2)cc1. The Hall–Kier alpha value is -2.80. The Morgan fingerprint density at radius 1 is 0.960 bits per heavy atom. The van der Waals surface area contributed by atoms with Crippen LogP contribution in [0.1, 0.15) is 16.4 Å². The molecule has 0 radical (unpaired) electrons. The normalized spacial score (nSPS) is 11.1. The number of ether oxygens (including phenoxy) is 1. The predicted octanol–water partition coefficient (Wildman–Crippen LogP) is 3.69. The van der Waals surface area contributed by atoms with Gasteiger partial charge in [-0.1, -0.05) is 41.7 Å². The summed E-state index contributed by atoms with van der Waals surface area (Å²) in [6.45, 7) is 0.317. The van der Waals surface area contributed by atoms with Crippen molar-refractivity contribution < 1.29 is 9.13 Å². The van der Waals surface area contributed by atoms with Gasteiger partial charge in [0.1, 0.15) is 18.2 Å². The zero-order chi connectivity index (χ0) is 17.1. The zero-order valence-corrected chi connectivity index (χ0v) is 14.1. The molecule has 7 heteroatoms. The molecular formula is C18H15FN4OS. The van der Waals surface area contributed by atoms with Crippen molar-refractivity contribution in [3.05, 3.63) is 76.8 Å². The summed E-state index contributed by atoms with van der Waals surface area (Å²) in [5, 5.41) is 13.7. The average Bonchev–Trinajstić information content (AvgIpc) is 3.21. The highest BCUT2D eigenvalue weighted by Crippen LogP contribution is 2.18. The zero-order valence-electron chi connectivity index (χ0n) is 13.3. The van der Waals surface area contributed by atoms with Gasteiger partial charge in [0.25, 0.3) is 0 Å². The molecule has 0 amide bonds. The van der Waals surface area contributed by atoms with Gasteiger partial charge < -0.3 is 4.74 Å². The first-order valence-corrected chi connectivity index (χ1v) is 8.72. The van der Waals surface area contributed by atoms with E-state index in [1.165, 1.54) is 29.0 Å². The fraction of sp³-hybridized carbons (Fsp3) is 0.167. The van der Waals surface area contributed by atoms with Crippen molar-refractivity contribution in [2.45, 2.75) is 19.4 Å². The molecule has 0 atom stereocenters. The van der Waals surface area contributed by atoms with E-state index in [9.17, 15) is 4.39 Å². The van der Waals surface area contributed by atoms with Gasteiger partial charge in [-0.25, -0.2) is 4.39 Å². The molecule has 4 aromatic rings. The first-order chi connectivity index (χ1) is 12.3. The van der Waals surface area contributed by atoms with Gasteiger partial charge in [0.05, 0.1) is 0 Å². The van der Waals surface area contributed by atoms with Crippen LogP contribution >= 0.6 is 11.3 Å². The van der Waals surface area contributed by atoms with Crippen LogP contribution in [0.5, 0.6) is 5.75 Å². The van der Waals surface area contributed by atoms with Crippen molar-refractivity contribution in [3.8, 4) is 5.75 Å². The summed E-state index contributed by atoms with van der Waals surface area (Å²) in [6, 6.07) is 16.2. The smallest absolute Gasteiger partial charge is 0.234 e. The second kappa shape index (κ2) is 6.98. The van der Waals surface area contributed by atoms with Gasteiger partial charge in [-0.05, 0) is 36.2 Å². The van der Waals surface area contributed by atoms with Gasteiger partial charge in [-0.3, -0.25) is 0 Å². The number of fused-ring (bicyclic) bond motifs is 1. The van der Waals surface area contributed by atoms with Gasteiger partial charge in [0.2, 0.25) is 4.96 Å². The molecule has 0 fully saturated rings. The minimum atomic E-state index is -0.283. The highest BCUT2D eigenvalue weighted by atomic mass is 32.1. The van der Waals surface area contributed by atoms with Crippen molar-refractivity contribution in [1.29, 1.82) is 0 Å². The summed E-state index contributed by atoms with van der Waals surface area (Å²) in [6.07, 6.45) is 1.66. The van der Waals surface area contributed by atoms with E-state index in [-0.39, 0.29) is 5.82 Å². The standard InChI is InChI=1S/C18H15FN4OS/c19-14-7-9-15(10-8-14)24-12-17-22-23-16(20-21-18(23)25-17)11-6-13-4-2-1-3-5-13/h1-5,7-10H,6,11-12H2. The van der Waals surface area contributed by atoms with Crippen LogP contribution in [-0.2, 0) is 19.4 Å². The predicted molar refractivity (Wildman–Crippen MR) is 93.2 cm³/mol. The van der Waals surface area contributed by atoms with Crippen LogP contribution < -0.4 is 4.74 Å². The molecule has 0 aliphatic rings. The van der Waals surface area contributed by atoms with Crippen LogP contribution in [-0.4, -0.2) is 19.8 Å². The first-order valence-electron chi connectivity index (χ1n) is 7.90. The lowest BCUT2D eigenvalue weighted by Gasteiger charge is -2.02. The number of nitrogens with zero attached hydrogens (tertiary/aromatic N) is 4. The molecule has 0 bridgehead atoms. The minimum absolute atomic E-state index is 0.283. The van der Waals surface area contributed by atoms with E-state index in [1.807, 2.05) is 18.2 Å². The molecule has 4 rings (SSSR count). The maximum Gasteiger partial charge on any atom is 0.234 e. The van der Waals surface area contributed by atoms with Crippen LogP contribution in [0.15, 0.2) is 54.6 Å². The van der Waals surface area contributed by atoms with Gasteiger partial charge in [0, 0.05) is 6.42 Å². The lowest BCUT2D eigenvalue weighted by Crippen LogP contribution is -2.01. The lowest BCUT2D eigenvalue weighted by atomic mass is 10.1. The number of halogens is 1. The third-order valence-electron chi connectivity index (χ3n) is 3.75. The van der Waals surface area contributed by atoms with Crippen LogP contribution in [0.2, 0.25) is 0 Å². The summed E-state index contributed by atoms with van der Waals surface area (Å²) in [5.74, 6) is 1.16. The van der Waals surface area contributed by atoms with E-state index in [2.05, 4.69) is 27.4 Å². The molecule has 5 nitrogen and oxygen atoms in total. The van der Waals surface area contributed by atoms with Gasteiger partial charge in [0.15, 0.2) is 10.8 Å². The number of benzene rings is 2. The Kier molecular flexibility index (Phi) is 4.39. The Morgan fingerprint density at radius 2 is 1.76 bits per heavy atom. The fourth-order valence-corrected chi connectivity index (χ4v) is 3.25. The van der Waals surface area contributed by atoms with Crippen LogP contribution in [0.4, 0.5) is 4.39 Å². The molecule has 0 saturated heterocycles. The third-order valence-corrected chi connectivity index (χ3v) is 4.63. The number of rotatable bonds is 6. The Labute approximate surface area is 147 Å². The number of hydrogen-bond acceptors (Lipinski definition) is 5. The van der Waals surface area contributed by atoms with E-state index in [0.29, 0.717) is 12.4 Å². The maximum atomic E-state index is 12.9. The highest BCUT2D eigenvalue weighted by Gasteiger charge is 2.12. The Bertz CT molecular complexity index is 966. The maximum absolute atomic E-state index is 12.9. The lowest BCUT2D eigenvalue weighted by molar-refractivity contribution is 0.303. The molecule has 0 saturated carbocycles. The number of aromatic nitrogens is 4. The van der Waals surface area contributed by atoms with Crippen LogP contribution in [0.25, 0.3) is 4.96 Å². The van der Waals surface area contributed by atoms with E-state index in [1.54, 1.807) is 16.6 Å². The average molecular weight is 354 g/mol. The minimum Gasteiger partial charge on any atom is -0.486 e. The van der Waals surface area contributed by atoms with Crippen molar-refractivity contribution in [3.63, 3.8) is 0 Å². The van der Waals surface area contributed by atoms with E-state index < -0.39 is 0 Å². The highest BCUT2D eigenvalue weighted by molar-refractivity contribution is 7.16. The summed E-state index contributed by atoms with van der Waals surface area (Å²) >= 11 is 1.44. The van der Waals surface area contributed by atoms with Crippen molar-refractivity contribution in [1.82, 2.24) is 19.8 Å². The molecule has 25 heavy (non-hydrogen) atoms. The first kappa shape index (κ1) is 15.7. The molecule has 0 spiro atoms. The molecule has 2 heterocycles. The molecule has 0 unspecified atom stereocenters. The van der Waals surface area contributed by atoms with E-state index in [0.717, 1.165) is 28.6 Å². The second-order valence-corrected chi connectivity index (χ2v) is 6.58. The summed E-state index contributed by atoms with van der Waals surface area (Å²) < 4.78 is 20.3. The van der Waals surface area contributed by atoms with E-state index in [4.69, 9.17) is 4.74 Å². The van der Waals surface area contributed by atoms with Gasteiger partial charge in [-0.2, -0.15) is 9.61 Å². The molecule has 2 aromatic heterocycles. The van der Waals surface area contributed by atoms with Crippen LogP contribution in [0.3, 0.4) is 0 Å². The Balaban J connectivity index is 1.43.